The Labute approximate surface area is 113 Å². The smallest absolute Gasteiger partial charge is 0.0931 e. The molecular formula is C13H21ClN2S. The Hall–Kier alpha value is -0.0900. The molecule has 1 heterocycles. The third kappa shape index (κ3) is 2.53. The van der Waals surface area contributed by atoms with Crippen molar-refractivity contribution < 1.29 is 0 Å². The van der Waals surface area contributed by atoms with Crippen LogP contribution in [-0.4, -0.2) is 24.0 Å². The first-order valence-electron chi connectivity index (χ1n) is 6.24. The summed E-state index contributed by atoms with van der Waals surface area (Å²) in [7, 11) is 2.20. The fourth-order valence-electron chi connectivity index (χ4n) is 3.08. The van der Waals surface area contributed by atoms with Crippen molar-refractivity contribution in [3.05, 3.63) is 21.3 Å². The molecule has 0 bridgehead atoms. The molecule has 96 valence electrons. The van der Waals surface area contributed by atoms with Gasteiger partial charge < -0.3 is 5.73 Å². The molecule has 0 aliphatic heterocycles. The lowest BCUT2D eigenvalue weighted by Crippen LogP contribution is -2.53. The van der Waals surface area contributed by atoms with Gasteiger partial charge in [0.2, 0.25) is 0 Å². The second-order valence-corrected chi connectivity index (χ2v) is 6.96. The van der Waals surface area contributed by atoms with Gasteiger partial charge in [0.05, 0.1) is 4.34 Å². The fraction of sp³-hybridized carbons (Fsp3) is 0.692. The van der Waals surface area contributed by atoms with Gasteiger partial charge in [0.15, 0.2) is 0 Å². The molecule has 1 aliphatic rings. The molecule has 1 fully saturated rings. The van der Waals surface area contributed by atoms with E-state index in [2.05, 4.69) is 24.9 Å². The summed E-state index contributed by atoms with van der Waals surface area (Å²) in [5.74, 6) is 0.688. The molecule has 1 aromatic heterocycles. The van der Waals surface area contributed by atoms with Crippen LogP contribution in [-0.2, 0) is 6.54 Å². The minimum Gasteiger partial charge on any atom is -0.329 e. The van der Waals surface area contributed by atoms with Crippen molar-refractivity contribution in [1.29, 1.82) is 0 Å². The molecule has 2 unspecified atom stereocenters. The van der Waals surface area contributed by atoms with Crippen molar-refractivity contribution in [2.75, 3.05) is 13.6 Å². The summed E-state index contributed by atoms with van der Waals surface area (Å²) in [6.07, 6.45) is 3.82. The van der Waals surface area contributed by atoms with E-state index in [0.29, 0.717) is 5.92 Å². The maximum absolute atomic E-state index is 6.05. The van der Waals surface area contributed by atoms with Gasteiger partial charge >= 0.3 is 0 Å². The average Bonchev–Trinajstić information content (AvgIpc) is 2.86. The highest BCUT2D eigenvalue weighted by molar-refractivity contribution is 7.16. The van der Waals surface area contributed by atoms with Crippen LogP contribution in [0.15, 0.2) is 12.1 Å². The van der Waals surface area contributed by atoms with E-state index in [9.17, 15) is 0 Å². The Morgan fingerprint density at radius 3 is 2.82 bits per heavy atom. The van der Waals surface area contributed by atoms with E-state index >= 15 is 0 Å². The molecule has 0 saturated heterocycles. The zero-order chi connectivity index (χ0) is 12.5. The molecule has 1 aliphatic carbocycles. The fourth-order valence-corrected chi connectivity index (χ4v) is 4.22. The zero-order valence-electron chi connectivity index (χ0n) is 10.6. The molecule has 1 saturated carbocycles. The second-order valence-electron chi connectivity index (χ2n) is 5.16. The van der Waals surface area contributed by atoms with E-state index in [0.717, 1.165) is 17.4 Å². The van der Waals surface area contributed by atoms with E-state index in [1.54, 1.807) is 11.3 Å². The van der Waals surface area contributed by atoms with Gasteiger partial charge in [-0.25, -0.2) is 0 Å². The molecule has 17 heavy (non-hydrogen) atoms. The largest absolute Gasteiger partial charge is 0.329 e. The first-order chi connectivity index (χ1) is 8.08. The molecule has 2 atom stereocenters. The van der Waals surface area contributed by atoms with Gasteiger partial charge in [-0.05, 0) is 37.9 Å². The summed E-state index contributed by atoms with van der Waals surface area (Å²) >= 11 is 7.64. The summed E-state index contributed by atoms with van der Waals surface area (Å²) in [5, 5.41) is 0. The summed E-state index contributed by atoms with van der Waals surface area (Å²) in [4.78, 5) is 3.76. The Kier molecular flexibility index (Phi) is 4.14. The molecule has 2 rings (SSSR count). The van der Waals surface area contributed by atoms with E-state index < -0.39 is 0 Å². The van der Waals surface area contributed by atoms with Crippen LogP contribution in [0.5, 0.6) is 0 Å². The number of hydrogen-bond acceptors (Lipinski definition) is 3. The lowest BCUT2D eigenvalue weighted by Gasteiger charge is -2.41. The van der Waals surface area contributed by atoms with Gasteiger partial charge in [0, 0.05) is 23.5 Å². The Morgan fingerprint density at radius 1 is 1.59 bits per heavy atom. The van der Waals surface area contributed by atoms with Crippen LogP contribution in [0.1, 0.15) is 31.1 Å². The monoisotopic (exact) mass is 272 g/mol. The topological polar surface area (TPSA) is 29.3 Å². The summed E-state index contributed by atoms with van der Waals surface area (Å²) in [6, 6.07) is 4.09. The van der Waals surface area contributed by atoms with Crippen molar-refractivity contribution in [1.82, 2.24) is 4.90 Å². The molecule has 2 nitrogen and oxygen atoms in total. The maximum Gasteiger partial charge on any atom is 0.0931 e. The summed E-state index contributed by atoms with van der Waals surface area (Å²) in [5.41, 5.74) is 6.25. The predicted octanol–water partition coefficient (Wildman–Crippen LogP) is 3.35. The van der Waals surface area contributed by atoms with E-state index in [1.807, 2.05) is 6.07 Å². The number of nitrogens with zero attached hydrogens (tertiary/aromatic N) is 1. The lowest BCUT2D eigenvalue weighted by atomic mass is 9.86. The van der Waals surface area contributed by atoms with E-state index in [-0.39, 0.29) is 5.54 Å². The lowest BCUT2D eigenvalue weighted by molar-refractivity contribution is 0.0851. The standard InChI is InChI=1S/C13H21ClN2S/c1-10-4-3-7-13(10,9-15)16(2)8-11-5-6-12(14)17-11/h5-6,10H,3-4,7-9,15H2,1-2H3. The van der Waals surface area contributed by atoms with Crippen molar-refractivity contribution in [2.45, 2.75) is 38.3 Å². The average molecular weight is 273 g/mol. The third-order valence-electron chi connectivity index (χ3n) is 4.30. The van der Waals surface area contributed by atoms with E-state index in [4.69, 9.17) is 17.3 Å². The van der Waals surface area contributed by atoms with Crippen molar-refractivity contribution in [3.8, 4) is 0 Å². The Balaban J connectivity index is 2.10. The van der Waals surface area contributed by atoms with Crippen LogP contribution in [0.25, 0.3) is 0 Å². The van der Waals surface area contributed by atoms with Gasteiger partial charge in [-0.15, -0.1) is 11.3 Å². The van der Waals surface area contributed by atoms with Gasteiger partial charge in [0.1, 0.15) is 0 Å². The highest BCUT2D eigenvalue weighted by atomic mass is 35.5. The Morgan fingerprint density at radius 2 is 2.35 bits per heavy atom. The quantitative estimate of drug-likeness (QED) is 0.911. The number of thiophene rings is 1. The van der Waals surface area contributed by atoms with Gasteiger partial charge in [-0.2, -0.15) is 0 Å². The minimum absolute atomic E-state index is 0.191. The molecule has 0 radical (unpaired) electrons. The minimum atomic E-state index is 0.191. The maximum atomic E-state index is 6.05. The molecule has 0 amide bonds. The molecule has 0 spiro atoms. The van der Waals surface area contributed by atoms with Crippen molar-refractivity contribution in [2.24, 2.45) is 11.7 Å². The van der Waals surface area contributed by atoms with Gasteiger partial charge in [0.25, 0.3) is 0 Å². The SMILES string of the molecule is CC1CCCC1(CN)N(C)Cc1ccc(Cl)s1. The first-order valence-corrected chi connectivity index (χ1v) is 7.43. The van der Waals surface area contributed by atoms with Crippen LogP contribution >= 0.6 is 22.9 Å². The third-order valence-corrected chi connectivity index (χ3v) is 5.52. The molecule has 0 aromatic carbocycles. The number of halogens is 1. The van der Waals surface area contributed by atoms with Gasteiger partial charge in [-0.3, -0.25) is 4.90 Å². The Bertz CT molecular complexity index is 379. The van der Waals surface area contributed by atoms with Crippen molar-refractivity contribution in [3.63, 3.8) is 0 Å². The highest BCUT2D eigenvalue weighted by Crippen LogP contribution is 2.40. The molecule has 1 aromatic rings. The molecular weight excluding hydrogens is 252 g/mol. The summed E-state index contributed by atoms with van der Waals surface area (Å²) < 4.78 is 0.870. The van der Waals surface area contributed by atoms with E-state index in [1.165, 1.54) is 24.1 Å². The first kappa shape index (κ1) is 13.3. The predicted molar refractivity (Wildman–Crippen MR) is 75.6 cm³/mol. The number of likely N-dealkylation sites (N-methyl/N-ethyl adjacent to an activating group) is 1. The van der Waals surface area contributed by atoms with Crippen LogP contribution in [0.4, 0.5) is 0 Å². The number of nitrogens with two attached hydrogens (primary N) is 1. The zero-order valence-corrected chi connectivity index (χ0v) is 12.2. The summed E-state index contributed by atoms with van der Waals surface area (Å²) in [6.45, 7) is 4.04. The van der Waals surface area contributed by atoms with Crippen LogP contribution in [0, 0.1) is 5.92 Å². The highest BCUT2D eigenvalue weighted by Gasteiger charge is 2.42. The normalized spacial score (nSPS) is 29.1. The molecule has 4 heteroatoms. The van der Waals surface area contributed by atoms with Crippen molar-refractivity contribution >= 4 is 22.9 Å². The van der Waals surface area contributed by atoms with Crippen LogP contribution < -0.4 is 5.73 Å². The van der Waals surface area contributed by atoms with Crippen LogP contribution in [0.3, 0.4) is 0 Å². The number of hydrogen-bond donors (Lipinski definition) is 1. The van der Waals surface area contributed by atoms with Gasteiger partial charge in [-0.1, -0.05) is 24.9 Å². The number of rotatable bonds is 4. The van der Waals surface area contributed by atoms with Crippen LogP contribution in [0.2, 0.25) is 4.34 Å². The second kappa shape index (κ2) is 5.27. The molecule has 2 N–H and O–H groups in total.